The molecule has 1 aliphatic rings. The van der Waals surface area contributed by atoms with Gasteiger partial charge in [-0.3, -0.25) is 4.90 Å². The highest BCUT2D eigenvalue weighted by molar-refractivity contribution is 8.00. The Bertz CT molecular complexity index is 563. The summed E-state index contributed by atoms with van der Waals surface area (Å²) in [5, 5.41) is 2.92. The van der Waals surface area contributed by atoms with Gasteiger partial charge < -0.3 is 5.32 Å². The standard InChI is InChI=1S/C14H23N3O2S2/c1-3-6-15-14-12(5-4-7-16-14)10-17-8-9-20-11-13(17)21(2,18)19/h4-5,7,13H,3,6,8-11H2,1-2H3,(H,15,16). The smallest absolute Gasteiger partial charge is 0.164 e. The minimum atomic E-state index is -3.06. The van der Waals surface area contributed by atoms with Gasteiger partial charge in [-0.2, -0.15) is 11.8 Å². The Hall–Kier alpha value is -0.790. The first-order valence-electron chi connectivity index (χ1n) is 7.20. The third-order valence-electron chi connectivity index (χ3n) is 3.49. The van der Waals surface area contributed by atoms with Crippen molar-refractivity contribution >= 4 is 27.4 Å². The summed E-state index contributed by atoms with van der Waals surface area (Å²) in [7, 11) is -3.06. The fourth-order valence-electron chi connectivity index (χ4n) is 2.38. The second-order valence-corrected chi connectivity index (χ2v) is 8.62. The van der Waals surface area contributed by atoms with E-state index in [1.165, 1.54) is 6.26 Å². The predicted molar refractivity (Wildman–Crippen MR) is 89.4 cm³/mol. The summed E-state index contributed by atoms with van der Waals surface area (Å²) in [6.07, 6.45) is 4.12. The number of hydrogen-bond donors (Lipinski definition) is 1. The summed E-state index contributed by atoms with van der Waals surface area (Å²) in [6.45, 7) is 4.40. The van der Waals surface area contributed by atoms with Gasteiger partial charge in [0.25, 0.3) is 0 Å². The van der Waals surface area contributed by atoms with Crippen LogP contribution in [0.15, 0.2) is 18.3 Å². The molecule has 1 fully saturated rings. The van der Waals surface area contributed by atoms with Gasteiger partial charge >= 0.3 is 0 Å². The predicted octanol–water partition coefficient (Wildman–Crippen LogP) is 1.82. The summed E-state index contributed by atoms with van der Waals surface area (Å²) in [5.41, 5.74) is 1.06. The van der Waals surface area contributed by atoms with E-state index in [4.69, 9.17) is 0 Å². The van der Waals surface area contributed by atoms with E-state index >= 15 is 0 Å². The van der Waals surface area contributed by atoms with Gasteiger partial charge in [-0.25, -0.2) is 13.4 Å². The topological polar surface area (TPSA) is 62.3 Å². The molecule has 0 aromatic carbocycles. The Labute approximate surface area is 131 Å². The van der Waals surface area contributed by atoms with Crippen molar-refractivity contribution in [3.63, 3.8) is 0 Å². The molecular formula is C14H23N3O2S2. The van der Waals surface area contributed by atoms with Crippen LogP contribution in [-0.2, 0) is 16.4 Å². The minimum Gasteiger partial charge on any atom is -0.370 e. The fourth-order valence-corrected chi connectivity index (χ4v) is 5.32. The molecule has 0 amide bonds. The van der Waals surface area contributed by atoms with E-state index in [0.717, 1.165) is 36.6 Å². The number of sulfone groups is 1. The zero-order valence-corrected chi connectivity index (χ0v) is 14.2. The van der Waals surface area contributed by atoms with Crippen molar-refractivity contribution in [3.05, 3.63) is 23.9 Å². The number of nitrogens with zero attached hydrogens (tertiary/aromatic N) is 2. The normalized spacial score (nSPS) is 20.4. The molecule has 0 aliphatic carbocycles. The number of pyridine rings is 1. The number of hydrogen-bond acceptors (Lipinski definition) is 6. The molecule has 2 heterocycles. The van der Waals surface area contributed by atoms with Gasteiger partial charge in [0.2, 0.25) is 0 Å². The van der Waals surface area contributed by atoms with Crippen LogP contribution in [0.25, 0.3) is 0 Å². The molecule has 1 unspecified atom stereocenters. The Kier molecular flexibility index (Phi) is 5.89. The molecule has 1 aromatic rings. The third-order valence-corrected chi connectivity index (χ3v) is 6.18. The summed E-state index contributed by atoms with van der Waals surface area (Å²) in [4.78, 5) is 6.43. The molecule has 1 aromatic heterocycles. The molecule has 1 saturated heterocycles. The lowest BCUT2D eigenvalue weighted by atomic mass is 10.2. The first kappa shape index (κ1) is 16.6. The van der Waals surface area contributed by atoms with Crippen molar-refractivity contribution in [2.45, 2.75) is 25.3 Å². The lowest BCUT2D eigenvalue weighted by Crippen LogP contribution is -2.46. The molecule has 0 radical (unpaired) electrons. The Morgan fingerprint density at radius 2 is 2.33 bits per heavy atom. The summed E-state index contributed by atoms with van der Waals surface area (Å²) in [6, 6.07) is 3.92. The highest BCUT2D eigenvalue weighted by Gasteiger charge is 2.31. The number of rotatable bonds is 6. The molecule has 0 spiro atoms. The molecule has 1 aliphatic heterocycles. The van der Waals surface area contributed by atoms with Crippen molar-refractivity contribution in [1.29, 1.82) is 0 Å². The van der Waals surface area contributed by atoms with E-state index in [9.17, 15) is 8.42 Å². The van der Waals surface area contributed by atoms with Crippen LogP contribution in [0.1, 0.15) is 18.9 Å². The first-order valence-corrected chi connectivity index (χ1v) is 10.3. The number of anilines is 1. The van der Waals surface area contributed by atoms with Gasteiger partial charge in [0.15, 0.2) is 9.84 Å². The van der Waals surface area contributed by atoms with Crippen LogP contribution in [0, 0.1) is 0 Å². The van der Waals surface area contributed by atoms with Crippen LogP contribution >= 0.6 is 11.8 Å². The van der Waals surface area contributed by atoms with Gasteiger partial charge in [0.1, 0.15) is 11.2 Å². The largest absolute Gasteiger partial charge is 0.370 e. The zero-order valence-electron chi connectivity index (χ0n) is 12.6. The highest BCUT2D eigenvalue weighted by atomic mass is 32.2. The van der Waals surface area contributed by atoms with Gasteiger partial charge in [-0.15, -0.1) is 0 Å². The van der Waals surface area contributed by atoms with Gasteiger partial charge in [-0.1, -0.05) is 13.0 Å². The number of aromatic nitrogens is 1. The number of nitrogens with one attached hydrogen (secondary N) is 1. The van der Waals surface area contributed by atoms with Crippen molar-refractivity contribution in [2.75, 3.05) is 36.2 Å². The molecule has 1 N–H and O–H groups in total. The maximum Gasteiger partial charge on any atom is 0.164 e. The van der Waals surface area contributed by atoms with Gasteiger partial charge in [-0.05, 0) is 12.5 Å². The Balaban J connectivity index is 2.16. The SMILES string of the molecule is CCCNc1ncccc1CN1CCSCC1S(C)(=O)=O. The van der Waals surface area contributed by atoms with Crippen LogP contribution < -0.4 is 5.32 Å². The Morgan fingerprint density at radius 1 is 1.52 bits per heavy atom. The third kappa shape index (κ3) is 4.59. The highest BCUT2D eigenvalue weighted by Crippen LogP contribution is 2.24. The average molecular weight is 329 g/mol. The molecular weight excluding hydrogens is 306 g/mol. The maximum atomic E-state index is 12.0. The molecule has 0 bridgehead atoms. The van der Waals surface area contributed by atoms with E-state index in [0.29, 0.717) is 12.3 Å². The van der Waals surface area contributed by atoms with Crippen LogP contribution in [0.5, 0.6) is 0 Å². The molecule has 1 atom stereocenters. The van der Waals surface area contributed by atoms with Crippen molar-refractivity contribution in [1.82, 2.24) is 9.88 Å². The lowest BCUT2D eigenvalue weighted by Gasteiger charge is -2.34. The molecule has 2 rings (SSSR count). The maximum absolute atomic E-state index is 12.0. The van der Waals surface area contributed by atoms with Gasteiger partial charge in [0.05, 0.1) is 0 Å². The summed E-state index contributed by atoms with van der Waals surface area (Å²) in [5.74, 6) is 2.49. The quantitative estimate of drug-likeness (QED) is 0.859. The van der Waals surface area contributed by atoms with E-state index in [2.05, 4.69) is 22.1 Å². The van der Waals surface area contributed by atoms with Crippen LogP contribution in [0.3, 0.4) is 0 Å². The lowest BCUT2D eigenvalue weighted by molar-refractivity contribution is 0.262. The molecule has 118 valence electrons. The van der Waals surface area contributed by atoms with E-state index in [1.54, 1.807) is 18.0 Å². The van der Waals surface area contributed by atoms with E-state index in [1.807, 2.05) is 12.1 Å². The van der Waals surface area contributed by atoms with E-state index in [-0.39, 0.29) is 0 Å². The van der Waals surface area contributed by atoms with Gasteiger partial charge in [0, 0.05) is 49.2 Å². The molecule has 0 saturated carbocycles. The zero-order chi connectivity index (χ0) is 15.3. The molecule has 21 heavy (non-hydrogen) atoms. The summed E-state index contributed by atoms with van der Waals surface area (Å²) < 4.78 is 23.9. The van der Waals surface area contributed by atoms with Crippen LogP contribution in [0.2, 0.25) is 0 Å². The Morgan fingerprint density at radius 3 is 3.05 bits per heavy atom. The molecule has 7 heteroatoms. The fraction of sp³-hybridized carbons (Fsp3) is 0.643. The minimum absolute atomic E-state index is 0.393. The van der Waals surface area contributed by atoms with Crippen molar-refractivity contribution < 1.29 is 8.42 Å². The first-order chi connectivity index (χ1) is 10.0. The monoisotopic (exact) mass is 329 g/mol. The van der Waals surface area contributed by atoms with E-state index < -0.39 is 15.2 Å². The summed E-state index contributed by atoms with van der Waals surface area (Å²) >= 11 is 1.71. The number of thioether (sulfide) groups is 1. The molecule has 5 nitrogen and oxygen atoms in total. The van der Waals surface area contributed by atoms with Crippen molar-refractivity contribution in [3.8, 4) is 0 Å². The second kappa shape index (κ2) is 7.47. The average Bonchev–Trinajstić information content (AvgIpc) is 2.46. The second-order valence-electron chi connectivity index (χ2n) is 5.27. The van der Waals surface area contributed by atoms with Crippen LogP contribution in [-0.4, -0.2) is 54.5 Å². The van der Waals surface area contributed by atoms with Crippen molar-refractivity contribution in [2.24, 2.45) is 0 Å². The van der Waals surface area contributed by atoms with Crippen LogP contribution in [0.4, 0.5) is 5.82 Å².